The molecule has 1 aromatic heterocycles. The van der Waals surface area contributed by atoms with Crippen molar-refractivity contribution >= 4 is 11.6 Å². The smallest absolute Gasteiger partial charge is 0.255 e. The number of nitrogens with two attached hydrogens (primary N) is 1. The first-order chi connectivity index (χ1) is 8.66. The maximum Gasteiger partial charge on any atom is 0.255 e. The number of benzene rings is 1. The summed E-state index contributed by atoms with van der Waals surface area (Å²) in [5.74, 6) is -0.466. The van der Waals surface area contributed by atoms with Crippen molar-refractivity contribution in [2.24, 2.45) is 0 Å². The van der Waals surface area contributed by atoms with Gasteiger partial charge < -0.3 is 16.2 Å². The lowest BCUT2D eigenvalue weighted by molar-refractivity contribution is 0.0948. The molecule has 0 fully saturated rings. The van der Waals surface area contributed by atoms with Crippen LogP contribution in [0.1, 0.15) is 15.9 Å². The van der Waals surface area contributed by atoms with Crippen molar-refractivity contribution in [3.8, 4) is 5.75 Å². The minimum atomic E-state index is -0.343. The minimum absolute atomic E-state index is 0.123. The van der Waals surface area contributed by atoms with Crippen molar-refractivity contribution in [2.45, 2.75) is 6.54 Å². The Bertz CT molecular complexity index is 555. The van der Waals surface area contributed by atoms with Crippen molar-refractivity contribution in [1.29, 1.82) is 0 Å². The summed E-state index contributed by atoms with van der Waals surface area (Å²) in [7, 11) is 0. The van der Waals surface area contributed by atoms with E-state index in [-0.39, 0.29) is 17.2 Å². The molecule has 0 aliphatic heterocycles. The Morgan fingerprint density at radius 2 is 2.00 bits per heavy atom. The fourth-order valence-corrected chi connectivity index (χ4v) is 1.52. The van der Waals surface area contributed by atoms with Crippen LogP contribution in [0.15, 0.2) is 42.7 Å². The largest absolute Gasteiger partial charge is 0.507 e. The van der Waals surface area contributed by atoms with Gasteiger partial charge in [0.2, 0.25) is 0 Å². The van der Waals surface area contributed by atoms with Gasteiger partial charge in [0.05, 0.1) is 5.56 Å². The maximum absolute atomic E-state index is 11.8. The molecule has 0 aliphatic carbocycles. The normalized spacial score (nSPS) is 10.0. The number of nitrogens with zero attached hydrogens (tertiary/aromatic N) is 1. The van der Waals surface area contributed by atoms with Crippen LogP contribution < -0.4 is 11.1 Å². The van der Waals surface area contributed by atoms with E-state index < -0.39 is 0 Å². The molecular formula is C13H13N3O2. The zero-order valence-electron chi connectivity index (χ0n) is 9.63. The lowest BCUT2D eigenvalue weighted by Gasteiger charge is -2.07. The number of anilines is 1. The fourth-order valence-electron chi connectivity index (χ4n) is 1.52. The highest BCUT2D eigenvalue weighted by molar-refractivity contribution is 5.97. The Morgan fingerprint density at radius 3 is 2.67 bits per heavy atom. The molecule has 2 rings (SSSR count). The summed E-state index contributed by atoms with van der Waals surface area (Å²) in [5, 5.41) is 12.3. The summed E-state index contributed by atoms with van der Waals surface area (Å²) in [6.07, 6.45) is 3.31. The second-order valence-electron chi connectivity index (χ2n) is 3.81. The lowest BCUT2D eigenvalue weighted by Crippen LogP contribution is -2.22. The summed E-state index contributed by atoms with van der Waals surface area (Å²) < 4.78 is 0. The molecule has 0 aliphatic rings. The van der Waals surface area contributed by atoms with Gasteiger partial charge in [0.25, 0.3) is 5.91 Å². The van der Waals surface area contributed by atoms with Crippen LogP contribution in [0, 0.1) is 0 Å². The molecule has 18 heavy (non-hydrogen) atoms. The van der Waals surface area contributed by atoms with Crippen LogP contribution in [-0.4, -0.2) is 16.0 Å². The van der Waals surface area contributed by atoms with Crippen molar-refractivity contribution in [2.75, 3.05) is 5.73 Å². The van der Waals surface area contributed by atoms with Gasteiger partial charge in [-0.2, -0.15) is 0 Å². The zero-order valence-corrected chi connectivity index (χ0v) is 9.63. The van der Waals surface area contributed by atoms with Crippen LogP contribution >= 0.6 is 0 Å². The van der Waals surface area contributed by atoms with Crippen molar-refractivity contribution in [1.82, 2.24) is 10.3 Å². The average molecular weight is 243 g/mol. The van der Waals surface area contributed by atoms with Crippen molar-refractivity contribution in [3.05, 3.63) is 53.9 Å². The van der Waals surface area contributed by atoms with Crippen LogP contribution in [0.5, 0.6) is 5.75 Å². The number of pyridine rings is 1. The standard InChI is InChI=1S/C13H13N3O2/c14-10-1-2-11(12(17)7-10)13(18)16-8-9-3-5-15-6-4-9/h1-7,17H,8,14H2,(H,16,18). The number of phenols is 1. The van der Waals surface area contributed by atoms with Crippen molar-refractivity contribution < 1.29 is 9.90 Å². The highest BCUT2D eigenvalue weighted by Crippen LogP contribution is 2.19. The summed E-state index contributed by atoms with van der Waals surface area (Å²) in [6.45, 7) is 0.380. The molecule has 1 heterocycles. The van der Waals surface area contributed by atoms with Gasteiger partial charge in [0.15, 0.2) is 0 Å². The average Bonchev–Trinajstić information content (AvgIpc) is 2.37. The Balaban J connectivity index is 2.04. The van der Waals surface area contributed by atoms with Gasteiger partial charge in [0.1, 0.15) is 5.75 Å². The van der Waals surface area contributed by atoms with E-state index in [0.29, 0.717) is 12.2 Å². The molecule has 0 radical (unpaired) electrons. The van der Waals surface area contributed by atoms with E-state index in [4.69, 9.17) is 5.73 Å². The van der Waals surface area contributed by atoms with Gasteiger partial charge in [-0.05, 0) is 29.8 Å². The number of nitrogen functional groups attached to an aromatic ring is 1. The topological polar surface area (TPSA) is 88.2 Å². The first-order valence-corrected chi connectivity index (χ1v) is 5.42. The molecule has 0 atom stereocenters. The molecule has 0 bridgehead atoms. The number of carbonyl (C=O) groups is 1. The molecule has 92 valence electrons. The molecular weight excluding hydrogens is 230 g/mol. The number of carbonyl (C=O) groups excluding carboxylic acids is 1. The first-order valence-electron chi connectivity index (χ1n) is 5.42. The predicted molar refractivity (Wildman–Crippen MR) is 67.9 cm³/mol. The second kappa shape index (κ2) is 5.18. The molecule has 0 unspecified atom stereocenters. The Labute approximate surface area is 104 Å². The van der Waals surface area contributed by atoms with Crippen LogP contribution in [-0.2, 0) is 6.54 Å². The van der Waals surface area contributed by atoms with E-state index in [1.165, 1.54) is 12.1 Å². The highest BCUT2D eigenvalue weighted by atomic mass is 16.3. The summed E-state index contributed by atoms with van der Waals surface area (Å²) >= 11 is 0. The molecule has 2 aromatic rings. The molecule has 1 aromatic carbocycles. The predicted octanol–water partition coefficient (Wildman–Crippen LogP) is 1.30. The van der Waals surface area contributed by atoms with Gasteiger partial charge in [-0.1, -0.05) is 0 Å². The fraction of sp³-hybridized carbons (Fsp3) is 0.0769. The van der Waals surface area contributed by atoms with Gasteiger partial charge in [-0.15, -0.1) is 0 Å². The van der Waals surface area contributed by atoms with Gasteiger partial charge in [0, 0.05) is 30.7 Å². The third kappa shape index (κ3) is 2.76. The second-order valence-corrected chi connectivity index (χ2v) is 3.81. The Kier molecular flexibility index (Phi) is 3.43. The van der Waals surface area contributed by atoms with E-state index in [1.807, 2.05) is 12.1 Å². The number of nitrogens with one attached hydrogen (secondary N) is 1. The van der Waals surface area contributed by atoms with Gasteiger partial charge in [-0.3, -0.25) is 9.78 Å². The number of aromatic hydroxyl groups is 1. The monoisotopic (exact) mass is 243 g/mol. The van der Waals surface area contributed by atoms with Crippen LogP contribution in [0.4, 0.5) is 5.69 Å². The highest BCUT2D eigenvalue weighted by Gasteiger charge is 2.10. The van der Waals surface area contributed by atoms with Gasteiger partial charge in [-0.25, -0.2) is 0 Å². The van der Waals surface area contributed by atoms with E-state index in [0.717, 1.165) is 5.56 Å². The van der Waals surface area contributed by atoms with Gasteiger partial charge >= 0.3 is 0 Å². The summed E-state index contributed by atoms with van der Waals surface area (Å²) in [4.78, 5) is 15.7. The molecule has 0 spiro atoms. The number of phenolic OH excluding ortho intramolecular Hbond substituents is 1. The van der Waals surface area contributed by atoms with E-state index in [9.17, 15) is 9.90 Å². The maximum atomic E-state index is 11.8. The number of rotatable bonds is 3. The Morgan fingerprint density at radius 1 is 1.28 bits per heavy atom. The quantitative estimate of drug-likeness (QED) is 0.709. The number of hydrogen-bond acceptors (Lipinski definition) is 4. The number of amides is 1. The van der Waals surface area contributed by atoms with Crippen LogP contribution in [0.3, 0.4) is 0 Å². The Hall–Kier alpha value is -2.56. The lowest BCUT2D eigenvalue weighted by atomic mass is 10.1. The number of hydrogen-bond donors (Lipinski definition) is 3. The molecule has 5 nitrogen and oxygen atoms in total. The van der Waals surface area contributed by atoms with Crippen LogP contribution in [0.2, 0.25) is 0 Å². The summed E-state index contributed by atoms with van der Waals surface area (Å²) in [6, 6.07) is 8.03. The van der Waals surface area contributed by atoms with Crippen LogP contribution in [0.25, 0.3) is 0 Å². The first kappa shape index (κ1) is 11.9. The molecule has 5 heteroatoms. The zero-order chi connectivity index (χ0) is 13.0. The van der Waals surface area contributed by atoms with Crippen molar-refractivity contribution in [3.63, 3.8) is 0 Å². The third-order valence-corrected chi connectivity index (χ3v) is 2.47. The summed E-state index contributed by atoms with van der Waals surface area (Å²) in [5.41, 5.74) is 7.05. The molecule has 0 saturated heterocycles. The molecule has 0 saturated carbocycles. The SMILES string of the molecule is Nc1ccc(C(=O)NCc2ccncc2)c(O)c1. The number of aromatic nitrogens is 1. The molecule has 4 N–H and O–H groups in total. The third-order valence-electron chi connectivity index (χ3n) is 2.47. The van der Waals surface area contributed by atoms with E-state index in [1.54, 1.807) is 18.5 Å². The minimum Gasteiger partial charge on any atom is -0.507 e. The van der Waals surface area contributed by atoms with E-state index in [2.05, 4.69) is 10.3 Å². The van der Waals surface area contributed by atoms with E-state index >= 15 is 0 Å². The molecule has 1 amide bonds.